The predicted molar refractivity (Wildman–Crippen MR) is 80.5 cm³/mol. The lowest BCUT2D eigenvalue weighted by molar-refractivity contribution is 0.175. The van der Waals surface area contributed by atoms with Gasteiger partial charge in [0.05, 0.1) is 18.8 Å². The Bertz CT molecular complexity index is 594. The monoisotopic (exact) mass is 305 g/mol. The van der Waals surface area contributed by atoms with E-state index in [0.717, 1.165) is 24.5 Å². The van der Waals surface area contributed by atoms with Crippen LogP contribution in [-0.4, -0.2) is 52.0 Å². The van der Waals surface area contributed by atoms with Crippen molar-refractivity contribution >= 4 is 0 Å². The summed E-state index contributed by atoms with van der Waals surface area (Å²) in [5.74, 6) is 1.88. The average molecular weight is 305 g/mol. The molecule has 1 aliphatic heterocycles. The first kappa shape index (κ1) is 15.2. The van der Waals surface area contributed by atoms with Gasteiger partial charge in [-0.2, -0.15) is 10.1 Å². The summed E-state index contributed by atoms with van der Waals surface area (Å²) in [4.78, 5) is 6.79. The molecule has 1 saturated heterocycles. The summed E-state index contributed by atoms with van der Waals surface area (Å²) in [6.45, 7) is 5.41. The van der Waals surface area contributed by atoms with Gasteiger partial charge in [0, 0.05) is 31.7 Å². The molecule has 0 bridgehead atoms. The van der Waals surface area contributed by atoms with Gasteiger partial charge in [0.15, 0.2) is 5.82 Å². The average Bonchev–Trinajstić information content (AvgIpc) is 3.15. The normalized spacial score (nSPS) is 19.6. The summed E-state index contributed by atoms with van der Waals surface area (Å²) in [6, 6.07) is 2.14. The Morgan fingerprint density at radius 1 is 1.50 bits per heavy atom. The fourth-order valence-corrected chi connectivity index (χ4v) is 2.93. The Balaban J connectivity index is 1.57. The van der Waals surface area contributed by atoms with Gasteiger partial charge < -0.3 is 9.26 Å². The third-order valence-electron chi connectivity index (χ3n) is 4.05. The zero-order valence-electron chi connectivity index (χ0n) is 13.2. The van der Waals surface area contributed by atoms with E-state index in [9.17, 15) is 0 Å². The molecule has 0 radical (unpaired) electrons. The predicted octanol–water partition coefficient (Wildman–Crippen LogP) is 1.67. The summed E-state index contributed by atoms with van der Waals surface area (Å²) < 4.78 is 10.4. The molecule has 1 atom stereocenters. The maximum Gasteiger partial charge on any atom is 0.240 e. The minimum Gasteiger partial charge on any atom is -0.384 e. The van der Waals surface area contributed by atoms with Crippen molar-refractivity contribution in [3.63, 3.8) is 0 Å². The first-order chi connectivity index (χ1) is 10.7. The SMILES string of the molecule is COCCc1noc(CN2CCCC(c3cc(C)[nH]n3)C2)n1. The van der Waals surface area contributed by atoms with Gasteiger partial charge in [0.1, 0.15) is 0 Å². The molecule has 0 aromatic carbocycles. The fourth-order valence-electron chi connectivity index (χ4n) is 2.93. The van der Waals surface area contributed by atoms with Crippen molar-refractivity contribution in [1.82, 2.24) is 25.2 Å². The third kappa shape index (κ3) is 3.72. The van der Waals surface area contributed by atoms with Crippen LogP contribution in [0.15, 0.2) is 10.6 Å². The molecule has 2 aromatic heterocycles. The largest absolute Gasteiger partial charge is 0.384 e. The Morgan fingerprint density at radius 3 is 3.18 bits per heavy atom. The van der Waals surface area contributed by atoms with Gasteiger partial charge in [-0.05, 0) is 32.4 Å². The van der Waals surface area contributed by atoms with Gasteiger partial charge in [0.25, 0.3) is 0 Å². The third-order valence-corrected chi connectivity index (χ3v) is 4.05. The molecule has 7 heteroatoms. The summed E-state index contributed by atoms with van der Waals surface area (Å²) in [5, 5.41) is 11.4. The van der Waals surface area contributed by atoms with E-state index in [4.69, 9.17) is 9.26 Å². The quantitative estimate of drug-likeness (QED) is 0.874. The van der Waals surface area contributed by atoms with E-state index in [2.05, 4.69) is 31.3 Å². The molecule has 2 aromatic rings. The molecule has 0 aliphatic carbocycles. The van der Waals surface area contributed by atoms with Crippen molar-refractivity contribution in [2.24, 2.45) is 0 Å². The van der Waals surface area contributed by atoms with Crippen LogP contribution < -0.4 is 0 Å². The van der Waals surface area contributed by atoms with Crippen LogP contribution in [0.4, 0.5) is 0 Å². The van der Waals surface area contributed by atoms with Gasteiger partial charge in [-0.25, -0.2) is 0 Å². The fraction of sp³-hybridized carbons (Fsp3) is 0.667. The number of nitrogens with zero attached hydrogens (tertiary/aromatic N) is 4. The highest BCUT2D eigenvalue weighted by molar-refractivity contribution is 5.13. The molecule has 0 amide bonds. The molecule has 22 heavy (non-hydrogen) atoms. The maximum absolute atomic E-state index is 5.33. The van der Waals surface area contributed by atoms with Crippen molar-refractivity contribution in [1.29, 1.82) is 0 Å². The number of ether oxygens (including phenoxy) is 1. The van der Waals surface area contributed by atoms with Crippen molar-refractivity contribution in [2.45, 2.75) is 38.6 Å². The van der Waals surface area contributed by atoms with Crippen LogP contribution in [0.5, 0.6) is 0 Å². The Kier molecular flexibility index (Phi) is 4.84. The van der Waals surface area contributed by atoms with E-state index < -0.39 is 0 Å². The molecule has 0 saturated carbocycles. The van der Waals surface area contributed by atoms with E-state index >= 15 is 0 Å². The van der Waals surface area contributed by atoms with Crippen molar-refractivity contribution in [3.05, 3.63) is 29.2 Å². The molecule has 3 heterocycles. The molecule has 1 N–H and O–H groups in total. The highest BCUT2D eigenvalue weighted by atomic mass is 16.5. The summed E-state index contributed by atoms with van der Waals surface area (Å²) in [5.41, 5.74) is 2.28. The number of hydrogen-bond acceptors (Lipinski definition) is 6. The summed E-state index contributed by atoms with van der Waals surface area (Å²) in [7, 11) is 1.67. The van der Waals surface area contributed by atoms with Crippen LogP contribution in [0, 0.1) is 6.92 Å². The molecule has 0 spiro atoms. The van der Waals surface area contributed by atoms with E-state index in [1.165, 1.54) is 12.8 Å². The van der Waals surface area contributed by atoms with E-state index in [0.29, 0.717) is 37.2 Å². The lowest BCUT2D eigenvalue weighted by Crippen LogP contribution is -2.34. The van der Waals surface area contributed by atoms with Gasteiger partial charge in [-0.3, -0.25) is 10.00 Å². The lowest BCUT2D eigenvalue weighted by Gasteiger charge is -2.30. The first-order valence-electron chi connectivity index (χ1n) is 7.79. The zero-order valence-corrected chi connectivity index (χ0v) is 13.2. The van der Waals surface area contributed by atoms with Crippen LogP contribution in [0.1, 0.15) is 41.9 Å². The molecule has 3 rings (SSSR count). The van der Waals surface area contributed by atoms with E-state index in [-0.39, 0.29) is 0 Å². The van der Waals surface area contributed by atoms with Crippen molar-refractivity contribution < 1.29 is 9.26 Å². The second-order valence-corrected chi connectivity index (χ2v) is 5.90. The minimum atomic E-state index is 0.481. The minimum absolute atomic E-state index is 0.481. The van der Waals surface area contributed by atoms with Crippen molar-refractivity contribution in [3.8, 4) is 0 Å². The number of hydrogen-bond donors (Lipinski definition) is 1. The summed E-state index contributed by atoms with van der Waals surface area (Å²) in [6.07, 6.45) is 3.04. The lowest BCUT2D eigenvalue weighted by atomic mass is 9.95. The number of likely N-dealkylation sites (tertiary alicyclic amines) is 1. The number of nitrogens with one attached hydrogen (secondary N) is 1. The van der Waals surface area contributed by atoms with Gasteiger partial charge in [-0.15, -0.1) is 0 Å². The van der Waals surface area contributed by atoms with Crippen LogP contribution >= 0.6 is 0 Å². The van der Waals surface area contributed by atoms with Crippen LogP contribution in [0.2, 0.25) is 0 Å². The maximum atomic E-state index is 5.33. The van der Waals surface area contributed by atoms with Gasteiger partial charge >= 0.3 is 0 Å². The number of methoxy groups -OCH3 is 1. The molecule has 1 unspecified atom stereocenters. The number of aromatic nitrogens is 4. The smallest absolute Gasteiger partial charge is 0.240 e. The highest BCUT2D eigenvalue weighted by Crippen LogP contribution is 2.26. The molecular weight excluding hydrogens is 282 g/mol. The number of rotatable bonds is 6. The molecule has 1 aliphatic rings. The van der Waals surface area contributed by atoms with Crippen LogP contribution in [-0.2, 0) is 17.7 Å². The standard InChI is InChI=1S/C15H23N5O2/c1-11-8-13(18-17-11)12-4-3-6-20(9-12)10-15-16-14(19-22-15)5-7-21-2/h8,12H,3-7,9-10H2,1-2H3,(H,17,18). The number of aromatic amines is 1. The Hall–Kier alpha value is -1.73. The van der Waals surface area contributed by atoms with Crippen LogP contribution in [0.3, 0.4) is 0 Å². The van der Waals surface area contributed by atoms with Crippen molar-refractivity contribution in [2.75, 3.05) is 26.8 Å². The highest BCUT2D eigenvalue weighted by Gasteiger charge is 2.24. The summed E-state index contributed by atoms with van der Waals surface area (Å²) >= 11 is 0. The van der Waals surface area contributed by atoms with E-state index in [1.54, 1.807) is 7.11 Å². The topological polar surface area (TPSA) is 80.1 Å². The molecule has 7 nitrogen and oxygen atoms in total. The first-order valence-corrected chi connectivity index (χ1v) is 7.79. The molecule has 120 valence electrons. The number of aryl methyl sites for hydroxylation is 1. The zero-order chi connectivity index (χ0) is 15.4. The van der Waals surface area contributed by atoms with Gasteiger partial charge in [-0.1, -0.05) is 5.16 Å². The second-order valence-electron chi connectivity index (χ2n) is 5.90. The Morgan fingerprint density at radius 2 is 2.41 bits per heavy atom. The second kappa shape index (κ2) is 7.02. The number of H-pyrrole nitrogens is 1. The van der Waals surface area contributed by atoms with E-state index in [1.807, 2.05) is 6.92 Å². The van der Waals surface area contributed by atoms with Crippen LogP contribution in [0.25, 0.3) is 0 Å². The molecular formula is C15H23N5O2. The Labute approximate surface area is 130 Å². The van der Waals surface area contributed by atoms with Gasteiger partial charge in [0.2, 0.25) is 5.89 Å². The molecule has 1 fully saturated rings. The number of piperidine rings is 1.